The molecule has 2 aliphatic heterocycles. The van der Waals surface area contributed by atoms with Crippen LogP contribution in [0.3, 0.4) is 0 Å². The topological polar surface area (TPSA) is 155 Å². The first kappa shape index (κ1) is 15.9. The van der Waals surface area contributed by atoms with E-state index in [0.717, 1.165) is 0 Å². The maximum Gasteiger partial charge on any atom is 0.372 e. The molecule has 128 valence electrons. The van der Waals surface area contributed by atoms with E-state index < -0.39 is 36.8 Å². The molecule has 0 radical (unpaired) electrons. The number of imidazole rings is 1. The van der Waals surface area contributed by atoms with Crippen LogP contribution in [0.5, 0.6) is 0 Å². The highest BCUT2D eigenvalue weighted by Gasteiger charge is 2.62. The van der Waals surface area contributed by atoms with E-state index >= 15 is 0 Å². The number of aromatic nitrogens is 4. The van der Waals surface area contributed by atoms with Crippen molar-refractivity contribution in [2.75, 3.05) is 18.9 Å². The van der Waals surface area contributed by atoms with Gasteiger partial charge in [0, 0.05) is 0 Å². The second-order valence-electron chi connectivity index (χ2n) is 5.57. The first-order valence-electron chi connectivity index (χ1n) is 6.88. The van der Waals surface area contributed by atoms with Gasteiger partial charge in [0.25, 0.3) is 5.56 Å². The van der Waals surface area contributed by atoms with Crippen LogP contribution in [-0.2, 0) is 30.8 Å². The van der Waals surface area contributed by atoms with E-state index in [4.69, 9.17) is 19.7 Å². The van der Waals surface area contributed by atoms with Gasteiger partial charge in [0.1, 0.15) is 18.8 Å². The van der Waals surface area contributed by atoms with Crippen molar-refractivity contribution in [2.24, 2.45) is 0 Å². The zero-order chi connectivity index (χ0) is 17.1. The third kappa shape index (κ3) is 2.26. The van der Waals surface area contributed by atoms with Crippen LogP contribution in [0.1, 0.15) is 6.23 Å². The molecule has 2 aromatic heterocycles. The lowest BCUT2D eigenvalue weighted by Gasteiger charge is -2.29. The zero-order valence-corrected chi connectivity index (χ0v) is 13.7. The Morgan fingerprint density at radius 3 is 3.21 bits per heavy atom. The van der Waals surface area contributed by atoms with Crippen molar-refractivity contribution in [3.05, 3.63) is 16.7 Å². The van der Waals surface area contributed by atoms with Gasteiger partial charge in [-0.3, -0.25) is 14.3 Å². The number of anilines is 1. The summed E-state index contributed by atoms with van der Waals surface area (Å²) in [5.74, 6) is -0.0694. The van der Waals surface area contributed by atoms with Gasteiger partial charge in [0.05, 0.1) is 12.9 Å². The Morgan fingerprint density at radius 2 is 2.46 bits per heavy atom. The average Bonchev–Trinajstić information content (AvgIpc) is 3.15. The Bertz CT molecular complexity index is 887. The maximum absolute atomic E-state index is 11.9. The Balaban J connectivity index is 1.72. The maximum atomic E-state index is 11.9. The number of rotatable bonds is 4. The Morgan fingerprint density at radius 1 is 1.67 bits per heavy atom. The second-order valence-corrected chi connectivity index (χ2v) is 7.17. The van der Waals surface area contributed by atoms with E-state index in [9.17, 15) is 14.5 Å². The van der Waals surface area contributed by atoms with Gasteiger partial charge in [-0.25, -0.2) is 4.98 Å². The predicted molar refractivity (Wildman–Crippen MR) is 82.1 cm³/mol. The van der Waals surface area contributed by atoms with Gasteiger partial charge >= 0.3 is 7.23 Å². The van der Waals surface area contributed by atoms with Gasteiger partial charge in [-0.1, -0.05) is 4.57 Å². The molecule has 2 unspecified atom stereocenters. The first-order valence-corrected chi connectivity index (χ1v) is 9.07. The van der Waals surface area contributed by atoms with Crippen molar-refractivity contribution in [3.8, 4) is 0 Å². The normalized spacial score (nSPS) is 32.6. The molecule has 5 atom stereocenters. The van der Waals surface area contributed by atoms with Gasteiger partial charge in [-0.05, 0) is 0 Å². The highest BCUT2D eigenvalue weighted by atomic mass is 32.7. The molecule has 24 heavy (non-hydrogen) atoms. The third-order valence-corrected chi connectivity index (χ3v) is 4.80. The molecule has 0 spiro atoms. The van der Waals surface area contributed by atoms with Crippen LogP contribution in [0.2, 0.25) is 0 Å². The standard InChI is InChI=1S/C11H12N5O6PS/c12-10-14-7-4(8(18)15-10)13-3-16(7)9-5-6(17)11(22-9,1-20-5)2-21-23(19)24/h3,5-6,9,17H,1-2H2,(H3,12,14,15,18)/t5?,6-,9+,11+/m0/s1. The summed E-state index contributed by atoms with van der Waals surface area (Å²) < 4.78 is 28.9. The molecule has 2 bridgehead atoms. The number of nitrogen functional groups attached to an aromatic ring is 1. The van der Waals surface area contributed by atoms with Crippen molar-refractivity contribution in [1.82, 2.24) is 19.5 Å². The van der Waals surface area contributed by atoms with Crippen molar-refractivity contribution in [3.63, 3.8) is 0 Å². The lowest BCUT2D eigenvalue weighted by atomic mass is 10.0. The second kappa shape index (κ2) is 5.48. The largest absolute Gasteiger partial charge is 0.408 e. The first-order chi connectivity index (χ1) is 11.4. The number of aliphatic hydroxyl groups excluding tert-OH is 1. The number of H-pyrrole nitrogens is 1. The number of nitrogens with two attached hydrogens (primary N) is 1. The summed E-state index contributed by atoms with van der Waals surface area (Å²) in [6, 6.07) is 0. The Kier molecular flexibility index (Phi) is 3.64. The van der Waals surface area contributed by atoms with Gasteiger partial charge in [0.15, 0.2) is 23.0 Å². The summed E-state index contributed by atoms with van der Waals surface area (Å²) in [4.78, 5) is 22.3. The van der Waals surface area contributed by atoms with Crippen LogP contribution >= 0.6 is 7.23 Å². The molecule has 4 heterocycles. The summed E-state index contributed by atoms with van der Waals surface area (Å²) in [5.41, 5.74) is 4.18. The number of hydrogen-bond acceptors (Lipinski definition) is 10. The monoisotopic (exact) mass is 373 g/mol. The van der Waals surface area contributed by atoms with Crippen molar-refractivity contribution in [2.45, 2.75) is 24.0 Å². The lowest BCUT2D eigenvalue weighted by molar-refractivity contribution is -0.181. The van der Waals surface area contributed by atoms with E-state index in [-0.39, 0.29) is 30.3 Å². The average molecular weight is 373 g/mol. The van der Waals surface area contributed by atoms with Crippen LogP contribution in [-0.4, -0.2) is 55.6 Å². The van der Waals surface area contributed by atoms with Crippen molar-refractivity contribution >= 4 is 36.6 Å². The van der Waals surface area contributed by atoms with Crippen molar-refractivity contribution < 1.29 is 23.7 Å². The Hall–Kier alpha value is -1.56. The zero-order valence-electron chi connectivity index (χ0n) is 12.0. The quantitative estimate of drug-likeness (QED) is 0.446. The fourth-order valence-electron chi connectivity index (χ4n) is 3.03. The summed E-state index contributed by atoms with van der Waals surface area (Å²) in [5, 5.41) is 10.4. The lowest BCUT2D eigenvalue weighted by Crippen LogP contribution is -2.44. The van der Waals surface area contributed by atoms with E-state index in [0.29, 0.717) is 0 Å². The van der Waals surface area contributed by atoms with E-state index in [1.54, 1.807) is 0 Å². The summed E-state index contributed by atoms with van der Waals surface area (Å²) in [6.45, 7) is -0.112. The minimum atomic E-state index is -2.26. The molecule has 4 rings (SSSR count). The molecule has 4 N–H and O–H groups in total. The summed E-state index contributed by atoms with van der Waals surface area (Å²) in [7, 11) is -2.26. The molecular weight excluding hydrogens is 361 g/mol. The highest BCUT2D eigenvalue weighted by Crippen LogP contribution is 2.46. The predicted octanol–water partition coefficient (Wildman–Crippen LogP) is -1.05. The number of hydrogen-bond donors (Lipinski definition) is 3. The van der Waals surface area contributed by atoms with E-state index in [1.165, 1.54) is 10.9 Å². The minimum absolute atomic E-state index is 0.0661. The highest BCUT2D eigenvalue weighted by molar-refractivity contribution is 8.25. The smallest absolute Gasteiger partial charge is 0.372 e. The van der Waals surface area contributed by atoms with Crippen LogP contribution in [0, 0.1) is 0 Å². The molecule has 0 aromatic carbocycles. The van der Waals surface area contributed by atoms with Crippen LogP contribution in [0.25, 0.3) is 11.2 Å². The number of nitrogens with zero attached hydrogens (tertiary/aromatic N) is 3. The molecular formula is C11H12N5O6PS. The van der Waals surface area contributed by atoms with E-state index in [1.807, 2.05) is 0 Å². The molecule has 2 aliphatic rings. The molecule has 0 amide bonds. The Labute approximate surface area is 140 Å². The van der Waals surface area contributed by atoms with Gasteiger partial charge in [0.2, 0.25) is 5.95 Å². The number of aliphatic hydroxyl groups is 1. The number of nitrogens with one attached hydrogen (secondary N) is 1. The fraction of sp³-hybridized carbons (Fsp3) is 0.545. The fourth-order valence-corrected chi connectivity index (χ4v) is 3.51. The number of aromatic amines is 1. The minimum Gasteiger partial charge on any atom is -0.408 e. The van der Waals surface area contributed by atoms with Crippen molar-refractivity contribution in [1.29, 1.82) is 0 Å². The van der Waals surface area contributed by atoms with Crippen LogP contribution in [0.4, 0.5) is 5.95 Å². The molecule has 2 saturated heterocycles. The molecule has 2 aromatic rings. The molecule has 2 fully saturated rings. The third-order valence-electron chi connectivity index (χ3n) is 4.15. The van der Waals surface area contributed by atoms with Gasteiger partial charge in [-0.2, -0.15) is 9.51 Å². The van der Waals surface area contributed by atoms with E-state index in [2.05, 4.69) is 27.2 Å². The summed E-state index contributed by atoms with van der Waals surface area (Å²) in [6.07, 6.45) is -1.18. The van der Waals surface area contributed by atoms with Crippen LogP contribution < -0.4 is 11.3 Å². The molecule has 11 nitrogen and oxygen atoms in total. The molecule has 0 aliphatic carbocycles. The van der Waals surface area contributed by atoms with Gasteiger partial charge < -0.3 is 32.6 Å². The van der Waals surface area contributed by atoms with Crippen LogP contribution in [0.15, 0.2) is 11.1 Å². The number of ether oxygens (including phenoxy) is 2. The molecule has 13 heteroatoms. The molecule has 0 saturated carbocycles. The number of fused-ring (bicyclic) bond motifs is 3. The summed E-state index contributed by atoms with van der Waals surface area (Å²) >= 11 is 4.50. The van der Waals surface area contributed by atoms with Gasteiger partial charge in [-0.15, -0.1) is 0 Å². The SMILES string of the molecule is Nc1nc2c(ncn2[C@@H]2O[C@@]3(CO[P+](=O)[S-])COC2[C@@H]3O)c(=O)[nH]1.